The molecule has 0 unspecified atom stereocenters. The molecule has 6 nitrogen and oxygen atoms in total. The number of para-hydroxylation sites is 1. The molecule has 9 heteroatoms. The van der Waals surface area contributed by atoms with Gasteiger partial charge in [-0.15, -0.1) is 0 Å². The van der Waals surface area contributed by atoms with Crippen molar-refractivity contribution in [3.05, 3.63) is 57.5 Å². The van der Waals surface area contributed by atoms with Gasteiger partial charge in [-0.1, -0.05) is 12.1 Å². The molecule has 0 atom stereocenters. The van der Waals surface area contributed by atoms with Crippen LogP contribution < -0.4 is 16.5 Å². The maximum absolute atomic E-state index is 13.2. The Balaban J connectivity index is 2.61. The van der Waals surface area contributed by atoms with E-state index < -0.39 is 28.8 Å². The Morgan fingerprint density at radius 1 is 1.33 bits per heavy atom. The van der Waals surface area contributed by atoms with Crippen molar-refractivity contribution in [2.75, 3.05) is 13.1 Å². The van der Waals surface area contributed by atoms with Crippen LogP contribution in [0.15, 0.2) is 35.1 Å². The van der Waals surface area contributed by atoms with Gasteiger partial charge in [-0.05, 0) is 19.1 Å². The number of halogens is 3. The van der Waals surface area contributed by atoms with E-state index >= 15 is 0 Å². The van der Waals surface area contributed by atoms with Crippen LogP contribution in [0.1, 0.15) is 21.7 Å². The predicted octanol–water partition coefficient (Wildman–Crippen LogP) is 1.25. The zero-order valence-corrected chi connectivity index (χ0v) is 12.7. The summed E-state index contributed by atoms with van der Waals surface area (Å²) in [6.45, 7) is 1.71. The van der Waals surface area contributed by atoms with Crippen LogP contribution in [-0.4, -0.2) is 28.8 Å². The molecule has 1 heterocycles. The van der Waals surface area contributed by atoms with Gasteiger partial charge < -0.3 is 11.1 Å². The predicted molar refractivity (Wildman–Crippen MR) is 81.0 cm³/mol. The number of nitrogens with one attached hydrogen (secondary N) is 1. The highest BCUT2D eigenvalue weighted by Gasteiger charge is 2.34. The van der Waals surface area contributed by atoms with E-state index in [1.165, 1.54) is 25.1 Å². The molecule has 2 rings (SSSR count). The molecule has 128 valence electrons. The van der Waals surface area contributed by atoms with Gasteiger partial charge >= 0.3 is 6.18 Å². The summed E-state index contributed by atoms with van der Waals surface area (Å²) >= 11 is 0. The molecule has 24 heavy (non-hydrogen) atoms. The maximum atomic E-state index is 13.2. The van der Waals surface area contributed by atoms with Crippen molar-refractivity contribution in [2.24, 2.45) is 5.73 Å². The molecule has 0 radical (unpaired) electrons. The molecule has 1 amide bonds. The maximum Gasteiger partial charge on any atom is 0.418 e. The number of aromatic nitrogens is 2. The van der Waals surface area contributed by atoms with Gasteiger partial charge in [0.15, 0.2) is 5.69 Å². The summed E-state index contributed by atoms with van der Waals surface area (Å²) in [5.74, 6) is -0.788. The highest BCUT2D eigenvalue weighted by molar-refractivity contribution is 5.92. The first-order valence-corrected chi connectivity index (χ1v) is 7.01. The van der Waals surface area contributed by atoms with Crippen LogP contribution in [0.3, 0.4) is 0 Å². The Kier molecular flexibility index (Phi) is 5.03. The largest absolute Gasteiger partial charge is 0.418 e. The number of rotatable bonds is 4. The summed E-state index contributed by atoms with van der Waals surface area (Å²) in [4.78, 5) is 23.9. The van der Waals surface area contributed by atoms with E-state index in [1.807, 2.05) is 0 Å². The van der Waals surface area contributed by atoms with Crippen LogP contribution in [0.2, 0.25) is 0 Å². The van der Waals surface area contributed by atoms with Crippen molar-refractivity contribution in [1.82, 2.24) is 15.1 Å². The van der Waals surface area contributed by atoms with Crippen molar-refractivity contribution in [3.63, 3.8) is 0 Å². The third-order valence-electron chi connectivity index (χ3n) is 3.19. The monoisotopic (exact) mass is 340 g/mol. The lowest BCUT2D eigenvalue weighted by atomic mass is 10.1. The second-order valence-corrected chi connectivity index (χ2v) is 4.97. The normalized spacial score (nSPS) is 11.4. The number of nitrogens with two attached hydrogens (primary N) is 1. The summed E-state index contributed by atoms with van der Waals surface area (Å²) in [5.41, 5.74) is 3.08. The van der Waals surface area contributed by atoms with Crippen molar-refractivity contribution in [1.29, 1.82) is 0 Å². The summed E-state index contributed by atoms with van der Waals surface area (Å²) in [5, 5.41) is 6.19. The number of alkyl halides is 3. The average Bonchev–Trinajstić information content (AvgIpc) is 2.52. The highest BCUT2D eigenvalue weighted by Crippen LogP contribution is 2.33. The lowest BCUT2D eigenvalue weighted by molar-refractivity contribution is -0.137. The van der Waals surface area contributed by atoms with Gasteiger partial charge in [-0.2, -0.15) is 18.3 Å². The first-order valence-electron chi connectivity index (χ1n) is 7.01. The van der Waals surface area contributed by atoms with Gasteiger partial charge in [-0.3, -0.25) is 9.59 Å². The number of carbonyl (C=O) groups excluding carboxylic acids is 1. The number of hydrogen-bond donors (Lipinski definition) is 2. The molecule has 0 aliphatic rings. The first kappa shape index (κ1) is 17.7. The van der Waals surface area contributed by atoms with E-state index in [2.05, 4.69) is 10.4 Å². The van der Waals surface area contributed by atoms with E-state index in [0.29, 0.717) is 0 Å². The van der Waals surface area contributed by atoms with Gasteiger partial charge in [0, 0.05) is 24.8 Å². The van der Waals surface area contributed by atoms with E-state index in [1.54, 1.807) is 0 Å². The highest BCUT2D eigenvalue weighted by atomic mass is 19.4. The number of aryl methyl sites for hydroxylation is 1. The molecule has 0 saturated heterocycles. The van der Waals surface area contributed by atoms with Crippen molar-refractivity contribution in [2.45, 2.75) is 13.1 Å². The second kappa shape index (κ2) is 6.83. The zero-order valence-electron chi connectivity index (χ0n) is 12.7. The van der Waals surface area contributed by atoms with Crippen LogP contribution in [0, 0.1) is 6.92 Å². The van der Waals surface area contributed by atoms with E-state index in [4.69, 9.17) is 5.73 Å². The van der Waals surface area contributed by atoms with Crippen molar-refractivity contribution >= 4 is 5.91 Å². The van der Waals surface area contributed by atoms with Gasteiger partial charge in [0.2, 0.25) is 5.43 Å². The smallest absolute Gasteiger partial charge is 0.349 e. The number of nitrogens with zero attached hydrogens (tertiary/aromatic N) is 2. The summed E-state index contributed by atoms with van der Waals surface area (Å²) in [7, 11) is 0. The molecule has 1 aromatic heterocycles. The quantitative estimate of drug-likeness (QED) is 0.876. The Morgan fingerprint density at radius 2 is 2.00 bits per heavy atom. The van der Waals surface area contributed by atoms with E-state index in [-0.39, 0.29) is 24.5 Å². The first-order chi connectivity index (χ1) is 11.3. The molecule has 3 N–H and O–H groups in total. The molecule has 0 saturated carbocycles. The second-order valence-electron chi connectivity index (χ2n) is 4.97. The van der Waals surface area contributed by atoms with Crippen molar-refractivity contribution < 1.29 is 18.0 Å². The van der Waals surface area contributed by atoms with Gasteiger partial charge in [-0.25, -0.2) is 4.68 Å². The van der Waals surface area contributed by atoms with E-state index in [0.717, 1.165) is 16.8 Å². The molecule has 0 fully saturated rings. The molecular formula is C15H15F3N4O2. The lowest BCUT2D eigenvalue weighted by Gasteiger charge is -2.16. The average molecular weight is 340 g/mol. The van der Waals surface area contributed by atoms with Gasteiger partial charge in [0.05, 0.1) is 11.3 Å². The third-order valence-corrected chi connectivity index (χ3v) is 3.19. The van der Waals surface area contributed by atoms with Crippen molar-refractivity contribution in [3.8, 4) is 5.69 Å². The Morgan fingerprint density at radius 3 is 2.62 bits per heavy atom. The molecule has 2 aromatic rings. The van der Waals surface area contributed by atoms with Crippen LogP contribution in [0.5, 0.6) is 0 Å². The minimum atomic E-state index is -4.60. The molecular weight excluding hydrogens is 325 g/mol. The fourth-order valence-electron chi connectivity index (χ4n) is 2.12. The van der Waals surface area contributed by atoms with Crippen LogP contribution in [-0.2, 0) is 6.18 Å². The minimum absolute atomic E-state index is 0.118. The fraction of sp³-hybridized carbons (Fsp3) is 0.267. The zero-order chi connectivity index (χ0) is 17.9. The molecule has 0 aliphatic heterocycles. The Bertz CT molecular complexity index is 815. The standard InChI is InChI=1S/C15H15F3N4O2/c1-9-8-12(23)13(14(24)20-7-6-19)21-22(9)11-5-3-2-4-10(11)15(16,17)18/h2-5,8H,6-7,19H2,1H3,(H,20,24). The summed E-state index contributed by atoms with van der Waals surface area (Å²) < 4.78 is 40.5. The number of benzene rings is 1. The Labute approximate surface area is 135 Å². The number of carbonyl (C=O) groups is 1. The van der Waals surface area contributed by atoms with Gasteiger partial charge in [0.1, 0.15) is 0 Å². The molecule has 0 aliphatic carbocycles. The summed E-state index contributed by atoms with van der Waals surface area (Å²) in [6.07, 6.45) is -4.60. The number of amides is 1. The van der Waals surface area contributed by atoms with E-state index in [9.17, 15) is 22.8 Å². The Hall–Kier alpha value is -2.68. The topological polar surface area (TPSA) is 90.0 Å². The van der Waals surface area contributed by atoms with Crippen LogP contribution >= 0.6 is 0 Å². The SMILES string of the molecule is Cc1cc(=O)c(C(=O)NCCN)nn1-c1ccccc1C(F)(F)F. The fourth-order valence-corrected chi connectivity index (χ4v) is 2.12. The minimum Gasteiger partial charge on any atom is -0.349 e. The third kappa shape index (κ3) is 3.62. The van der Waals surface area contributed by atoms with Crippen LogP contribution in [0.4, 0.5) is 13.2 Å². The molecule has 1 aromatic carbocycles. The van der Waals surface area contributed by atoms with Crippen LogP contribution in [0.25, 0.3) is 5.69 Å². The summed E-state index contributed by atoms with van der Waals surface area (Å²) in [6, 6.07) is 5.85. The van der Waals surface area contributed by atoms with Gasteiger partial charge in [0.25, 0.3) is 5.91 Å². The molecule has 0 spiro atoms. The molecule has 0 bridgehead atoms. The number of hydrogen-bond acceptors (Lipinski definition) is 4. The lowest BCUT2D eigenvalue weighted by Crippen LogP contribution is -2.34.